The fourth-order valence-corrected chi connectivity index (χ4v) is 3.84. The molecule has 0 aliphatic carbocycles. The molecule has 0 N–H and O–H groups in total. The summed E-state index contributed by atoms with van der Waals surface area (Å²) < 4.78 is 0. The summed E-state index contributed by atoms with van der Waals surface area (Å²) in [6.07, 6.45) is 1.75. The first-order valence-electron chi connectivity index (χ1n) is 9.37. The van der Waals surface area contributed by atoms with Crippen molar-refractivity contribution in [2.45, 2.75) is 26.2 Å². The van der Waals surface area contributed by atoms with Crippen molar-refractivity contribution in [1.29, 1.82) is 0 Å². The fourth-order valence-electron chi connectivity index (χ4n) is 3.84. The fraction of sp³-hybridized carbons (Fsp3) is 0.273. The quantitative estimate of drug-likeness (QED) is 0.607. The zero-order valence-electron chi connectivity index (χ0n) is 15.6. The van der Waals surface area contributed by atoms with Gasteiger partial charge in [-0.1, -0.05) is 24.3 Å². The molecule has 6 nitrogen and oxygen atoms in total. The highest BCUT2D eigenvalue weighted by Crippen LogP contribution is 2.29. The molecule has 0 unspecified atom stereocenters. The van der Waals surface area contributed by atoms with Crippen LogP contribution >= 0.6 is 0 Å². The van der Waals surface area contributed by atoms with E-state index in [1.165, 1.54) is 6.92 Å². The van der Waals surface area contributed by atoms with Crippen LogP contribution in [0.1, 0.15) is 56.4 Å². The van der Waals surface area contributed by atoms with Gasteiger partial charge < -0.3 is 4.90 Å². The van der Waals surface area contributed by atoms with Gasteiger partial charge in [0.15, 0.2) is 5.78 Å². The lowest BCUT2D eigenvalue weighted by atomic mass is 9.98. The summed E-state index contributed by atoms with van der Waals surface area (Å²) in [6, 6.07) is 12.1. The minimum atomic E-state index is -0.355. The number of rotatable bonds is 4. The van der Waals surface area contributed by atoms with Crippen molar-refractivity contribution in [2.75, 3.05) is 18.0 Å². The lowest BCUT2D eigenvalue weighted by molar-refractivity contribution is -0.118. The molecule has 0 fully saturated rings. The zero-order valence-corrected chi connectivity index (χ0v) is 15.6. The Kier molecular flexibility index (Phi) is 4.55. The first-order valence-corrected chi connectivity index (χ1v) is 9.37. The summed E-state index contributed by atoms with van der Waals surface area (Å²) in [5.74, 6) is -0.914. The monoisotopic (exact) mass is 376 g/mol. The number of fused-ring (bicyclic) bond motifs is 2. The van der Waals surface area contributed by atoms with Gasteiger partial charge in [0.05, 0.1) is 11.1 Å². The van der Waals surface area contributed by atoms with E-state index >= 15 is 0 Å². The van der Waals surface area contributed by atoms with Crippen molar-refractivity contribution in [3.05, 3.63) is 64.7 Å². The molecule has 6 heteroatoms. The molecule has 2 heterocycles. The molecule has 3 amide bonds. The highest BCUT2D eigenvalue weighted by atomic mass is 16.2. The number of imide groups is 1. The maximum absolute atomic E-state index is 12.9. The molecule has 142 valence electrons. The number of aryl methyl sites for hydroxylation is 1. The van der Waals surface area contributed by atoms with E-state index in [-0.39, 0.29) is 36.5 Å². The number of hydrogen-bond acceptors (Lipinski definition) is 4. The van der Waals surface area contributed by atoms with Crippen LogP contribution in [0.3, 0.4) is 0 Å². The molecule has 0 bridgehead atoms. The van der Waals surface area contributed by atoms with Crippen LogP contribution in [0.4, 0.5) is 5.69 Å². The first-order chi connectivity index (χ1) is 13.5. The number of carbonyl (C=O) groups is 4. The van der Waals surface area contributed by atoms with E-state index in [0.717, 1.165) is 29.0 Å². The van der Waals surface area contributed by atoms with Crippen molar-refractivity contribution in [3.8, 4) is 0 Å². The van der Waals surface area contributed by atoms with Gasteiger partial charge in [-0.15, -0.1) is 0 Å². The minimum Gasteiger partial charge on any atom is -0.312 e. The van der Waals surface area contributed by atoms with Crippen molar-refractivity contribution >= 4 is 29.2 Å². The predicted octanol–water partition coefficient (Wildman–Crippen LogP) is 2.85. The summed E-state index contributed by atoms with van der Waals surface area (Å²) in [6.45, 7) is 2.11. The maximum atomic E-state index is 12.9. The van der Waals surface area contributed by atoms with Crippen molar-refractivity contribution in [2.24, 2.45) is 0 Å². The van der Waals surface area contributed by atoms with E-state index in [1.807, 2.05) is 6.07 Å². The average molecular weight is 376 g/mol. The molecule has 0 aromatic heterocycles. The second-order valence-corrected chi connectivity index (χ2v) is 7.11. The molecule has 0 spiro atoms. The number of anilines is 1. The van der Waals surface area contributed by atoms with Gasteiger partial charge in [0.2, 0.25) is 5.91 Å². The number of carbonyl (C=O) groups excluding carboxylic acids is 4. The van der Waals surface area contributed by atoms with Crippen LogP contribution < -0.4 is 4.90 Å². The van der Waals surface area contributed by atoms with Crippen LogP contribution in [-0.2, 0) is 11.2 Å². The number of hydrogen-bond donors (Lipinski definition) is 0. The Morgan fingerprint density at radius 2 is 1.68 bits per heavy atom. The minimum absolute atomic E-state index is 0.0451. The molecule has 2 aromatic carbocycles. The first kappa shape index (κ1) is 18.1. The van der Waals surface area contributed by atoms with Gasteiger partial charge in [-0.2, -0.15) is 0 Å². The maximum Gasteiger partial charge on any atom is 0.261 e. The number of ketones is 1. The van der Waals surface area contributed by atoms with Crippen LogP contribution in [0, 0.1) is 0 Å². The second kappa shape index (κ2) is 7.03. The Morgan fingerprint density at radius 1 is 1.00 bits per heavy atom. The number of Topliss-reactive ketones (excluding diaryl/α,β-unsaturated/α-hetero) is 1. The van der Waals surface area contributed by atoms with Gasteiger partial charge in [-0.3, -0.25) is 24.1 Å². The van der Waals surface area contributed by atoms with Crippen molar-refractivity contribution in [3.63, 3.8) is 0 Å². The summed E-state index contributed by atoms with van der Waals surface area (Å²) in [7, 11) is 0. The number of amides is 3. The molecular weight excluding hydrogens is 356 g/mol. The predicted molar refractivity (Wildman–Crippen MR) is 104 cm³/mol. The lowest BCUT2D eigenvalue weighted by Gasteiger charge is -2.30. The Bertz CT molecular complexity index is 976. The molecule has 2 aliphatic rings. The molecule has 0 saturated heterocycles. The third-order valence-electron chi connectivity index (χ3n) is 5.34. The highest BCUT2D eigenvalue weighted by Gasteiger charge is 2.35. The topological polar surface area (TPSA) is 74.8 Å². The van der Waals surface area contributed by atoms with Crippen molar-refractivity contribution < 1.29 is 19.2 Å². The average Bonchev–Trinajstić information content (AvgIpc) is 2.95. The lowest BCUT2D eigenvalue weighted by Crippen LogP contribution is -2.39. The summed E-state index contributed by atoms with van der Waals surface area (Å²) in [5, 5.41) is 0. The van der Waals surface area contributed by atoms with Crippen LogP contribution in [0.5, 0.6) is 0 Å². The molecular formula is C22H20N2O4. The number of benzene rings is 2. The molecule has 28 heavy (non-hydrogen) atoms. The summed E-state index contributed by atoms with van der Waals surface area (Å²) >= 11 is 0. The Labute approximate surface area is 162 Å². The van der Waals surface area contributed by atoms with Gasteiger partial charge >= 0.3 is 0 Å². The van der Waals surface area contributed by atoms with Crippen LogP contribution in [0.2, 0.25) is 0 Å². The van der Waals surface area contributed by atoms with Gasteiger partial charge in [-0.05, 0) is 43.5 Å². The van der Waals surface area contributed by atoms with E-state index in [4.69, 9.17) is 0 Å². The summed E-state index contributed by atoms with van der Waals surface area (Å²) in [4.78, 5) is 52.3. The molecule has 0 radical (unpaired) electrons. The van der Waals surface area contributed by atoms with Crippen molar-refractivity contribution in [1.82, 2.24) is 4.90 Å². The standard InChI is InChI=1S/C22H20N2O4/c1-14(25)16-9-8-15-5-4-11-23(19(15)13-16)20(26)10-12-24-21(27)17-6-2-3-7-18(17)22(24)28/h2-3,6-9,13H,4-5,10-12H2,1H3. The molecule has 2 aliphatic heterocycles. The van der Waals surface area contributed by atoms with E-state index < -0.39 is 0 Å². The van der Waals surface area contributed by atoms with Crippen LogP contribution in [0.25, 0.3) is 0 Å². The van der Waals surface area contributed by atoms with E-state index in [0.29, 0.717) is 23.2 Å². The normalized spacial score (nSPS) is 15.5. The van der Waals surface area contributed by atoms with Gasteiger partial charge in [-0.25, -0.2) is 0 Å². The van der Waals surface area contributed by atoms with Crippen LogP contribution in [-0.4, -0.2) is 41.5 Å². The Hall–Kier alpha value is -3.28. The van der Waals surface area contributed by atoms with E-state index in [2.05, 4.69) is 0 Å². The SMILES string of the molecule is CC(=O)c1ccc2c(c1)N(C(=O)CCN1C(=O)c3ccccc3C1=O)CCC2. The highest BCUT2D eigenvalue weighted by molar-refractivity contribution is 6.21. The molecule has 0 atom stereocenters. The summed E-state index contributed by atoms with van der Waals surface area (Å²) in [5.41, 5.74) is 3.12. The second-order valence-electron chi connectivity index (χ2n) is 7.11. The third kappa shape index (κ3) is 3.01. The smallest absolute Gasteiger partial charge is 0.261 e. The van der Waals surface area contributed by atoms with Crippen LogP contribution in [0.15, 0.2) is 42.5 Å². The van der Waals surface area contributed by atoms with E-state index in [1.54, 1.807) is 41.3 Å². The van der Waals surface area contributed by atoms with Gasteiger partial charge in [0.1, 0.15) is 0 Å². The molecule has 2 aromatic rings. The third-order valence-corrected chi connectivity index (χ3v) is 5.34. The Morgan fingerprint density at radius 3 is 2.32 bits per heavy atom. The molecule has 4 rings (SSSR count). The largest absolute Gasteiger partial charge is 0.312 e. The zero-order chi connectivity index (χ0) is 19.8. The van der Waals surface area contributed by atoms with E-state index in [9.17, 15) is 19.2 Å². The number of nitrogens with zero attached hydrogens (tertiary/aromatic N) is 2. The van der Waals surface area contributed by atoms with Gasteiger partial charge in [0.25, 0.3) is 11.8 Å². The Balaban J connectivity index is 1.50. The van der Waals surface area contributed by atoms with Gasteiger partial charge in [0, 0.05) is 30.8 Å². The molecule has 0 saturated carbocycles.